The molecule has 0 unspecified atom stereocenters. The highest BCUT2D eigenvalue weighted by Gasteiger charge is 2.46. The van der Waals surface area contributed by atoms with Gasteiger partial charge in [0.2, 0.25) is 0 Å². The number of aliphatic hydroxyl groups excluding tert-OH is 2. The van der Waals surface area contributed by atoms with Gasteiger partial charge in [0.15, 0.2) is 0 Å². The highest BCUT2D eigenvalue weighted by atomic mass is 35.5. The number of amides is 1. The third kappa shape index (κ3) is 4.47. The maximum absolute atomic E-state index is 13.2. The van der Waals surface area contributed by atoms with Gasteiger partial charge in [0, 0.05) is 12.1 Å². The summed E-state index contributed by atoms with van der Waals surface area (Å²) in [6.45, 7) is 1.63. The van der Waals surface area contributed by atoms with E-state index < -0.39 is 30.0 Å². The summed E-state index contributed by atoms with van der Waals surface area (Å²) in [6, 6.07) is 3.50. The van der Waals surface area contributed by atoms with Gasteiger partial charge < -0.3 is 20.3 Å². The molecular weight excluding hydrogens is 386 g/mol. The minimum atomic E-state index is -0.801. The number of nitrogens with zero attached hydrogens (tertiary/aromatic N) is 1. The molecule has 1 aromatic rings. The fourth-order valence-corrected chi connectivity index (χ4v) is 3.75. The number of rotatable bonds is 5. The van der Waals surface area contributed by atoms with E-state index in [1.165, 1.54) is 12.1 Å². The Morgan fingerprint density at radius 2 is 2.04 bits per heavy atom. The summed E-state index contributed by atoms with van der Waals surface area (Å²) in [5.74, 6) is -0.979. The molecule has 0 aromatic heterocycles. The number of carbonyl (C=O) groups excluding carboxylic acids is 1. The number of benzene rings is 1. The van der Waals surface area contributed by atoms with E-state index in [-0.39, 0.29) is 42.2 Å². The molecular formula is C17H23Cl2FN2O4. The van der Waals surface area contributed by atoms with Crippen LogP contribution in [0.15, 0.2) is 18.2 Å². The van der Waals surface area contributed by atoms with E-state index in [1.54, 1.807) is 0 Å². The van der Waals surface area contributed by atoms with Gasteiger partial charge in [-0.3, -0.25) is 9.69 Å². The van der Waals surface area contributed by atoms with Crippen molar-refractivity contribution in [2.45, 2.75) is 37.2 Å². The second-order valence-electron chi connectivity index (χ2n) is 6.46. The molecule has 2 saturated heterocycles. The van der Waals surface area contributed by atoms with E-state index >= 15 is 0 Å². The van der Waals surface area contributed by atoms with Crippen LogP contribution in [0.1, 0.15) is 23.2 Å². The molecule has 0 spiro atoms. The summed E-state index contributed by atoms with van der Waals surface area (Å²) in [4.78, 5) is 14.4. The van der Waals surface area contributed by atoms with Gasteiger partial charge >= 0.3 is 0 Å². The lowest BCUT2D eigenvalue weighted by Gasteiger charge is -2.30. The molecule has 0 aliphatic carbocycles. The molecule has 1 aromatic carbocycles. The van der Waals surface area contributed by atoms with Gasteiger partial charge in [0.1, 0.15) is 18.0 Å². The van der Waals surface area contributed by atoms with Crippen LogP contribution < -0.4 is 5.32 Å². The third-order valence-corrected chi connectivity index (χ3v) is 5.14. The Bertz CT molecular complexity index is 631. The predicted octanol–water partition coefficient (Wildman–Crippen LogP) is 1.22. The quantitative estimate of drug-likeness (QED) is 0.682. The van der Waals surface area contributed by atoms with Crippen LogP contribution in [0.5, 0.6) is 0 Å². The summed E-state index contributed by atoms with van der Waals surface area (Å²) in [7, 11) is 0. The van der Waals surface area contributed by atoms with Gasteiger partial charge in [0.05, 0.1) is 23.8 Å². The van der Waals surface area contributed by atoms with Gasteiger partial charge in [-0.1, -0.05) is 11.6 Å². The van der Waals surface area contributed by atoms with Crippen LogP contribution in [0.2, 0.25) is 5.02 Å². The summed E-state index contributed by atoms with van der Waals surface area (Å²) >= 11 is 5.70. The van der Waals surface area contributed by atoms with E-state index in [9.17, 15) is 19.4 Å². The molecule has 0 radical (unpaired) electrons. The topological polar surface area (TPSA) is 82.0 Å². The molecule has 3 N–H and O–H groups in total. The average molecular weight is 409 g/mol. The smallest absolute Gasteiger partial charge is 0.251 e. The number of ether oxygens (including phenoxy) is 1. The Kier molecular flexibility index (Phi) is 7.63. The van der Waals surface area contributed by atoms with Crippen LogP contribution in [-0.2, 0) is 4.74 Å². The zero-order valence-corrected chi connectivity index (χ0v) is 15.7. The van der Waals surface area contributed by atoms with E-state index in [2.05, 4.69) is 10.2 Å². The Morgan fingerprint density at radius 3 is 2.65 bits per heavy atom. The van der Waals surface area contributed by atoms with Crippen molar-refractivity contribution in [1.29, 1.82) is 0 Å². The summed E-state index contributed by atoms with van der Waals surface area (Å²) < 4.78 is 18.9. The fourth-order valence-electron chi connectivity index (χ4n) is 3.57. The average Bonchev–Trinajstić information content (AvgIpc) is 3.22. The van der Waals surface area contributed by atoms with Crippen molar-refractivity contribution in [3.8, 4) is 0 Å². The van der Waals surface area contributed by atoms with E-state index in [1.807, 2.05) is 0 Å². The van der Waals surface area contributed by atoms with Gasteiger partial charge in [-0.05, 0) is 44.1 Å². The molecule has 2 heterocycles. The highest BCUT2D eigenvalue weighted by molar-refractivity contribution is 6.31. The molecule has 26 heavy (non-hydrogen) atoms. The minimum absolute atomic E-state index is 0. The standard InChI is InChI=1S/C17H22ClFN2O4.ClH/c18-11-7-10(3-4-12(11)19)17(24)20-8-13-15(21-5-1-2-6-21)16(23)14(9-22)25-13;/h3-4,7,13-16,22-23H,1-2,5-6,8-9H2,(H,20,24);1H/t13-,14+,15+,16-;/m1./s1. The van der Waals surface area contributed by atoms with Crippen molar-refractivity contribution >= 4 is 29.9 Å². The number of likely N-dealkylation sites (tertiary alicyclic amines) is 1. The lowest BCUT2D eigenvalue weighted by Crippen LogP contribution is -2.50. The maximum atomic E-state index is 13.2. The molecule has 2 fully saturated rings. The Balaban J connectivity index is 0.00000243. The Labute approximate surface area is 162 Å². The lowest BCUT2D eigenvalue weighted by molar-refractivity contribution is -0.0209. The maximum Gasteiger partial charge on any atom is 0.251 e. The largest absolute Gasteiger partial charge is 0.394 e. The first-order valence-corrected chi connectivity index (χ1v) is 8.80. The van der Waals surface area contributed by atoms with Gasteiger partial charge in [-0.15, -0.1) is 12.4 Å². The van der Waals surface area contributed by atoms with E-state index in [0.29, 0.717) is 0 Å². The number of nitrogens with one attached hydrogen (secondary N) is 1. The molecule has 1 amide bonds. The molecule has 4 atom stereocenters. The molecule has 3 rings (SSSR count). The van der Waals surface area contributed by atoms with Gasteiger partial charge in [-0.2, -0.15) is 0 Å². The first-order chi connectivity index (χ1) is 12.0. The van der Waals surface area contributed by atoms with E-state index in [4.69, 9.17) is 16.3 Å². The third-order valence-electron chi connectivity index (χ3n) is 4.85. The first-order valence-electron chi connectivity index (χ1n) is 8.43. The lowest BCUT2D eigenvalue weighted by atomic mass is 10.0. The SMILES string of the molecule is Cl.O=C(NC[C@H]1O[C@@H](CO)[C@@H](O)[C@H]1N1CCCC1)c1ccc(F)c(Cl)c1. The number of carbonyl (C=O) groups is 1. The zero-order chi connectivity index (χ0) is 18.0. The van der Waals surface area contributed by atoms with Crippen LogP contribution in [0.4, 0.5) is 4.39 Å². The molecule has 9 heteroatoms. The fraction of sp³-hybridized carbons (Fsp3) is 0.588. The van der Waals surface area contributed by atoms with Crippen LogP contribution in [0, 0.1) is 5.82 Å². The van der Waals surface area contributed by atoms with Crippen LogP contribution in [-0.4, -0.2) is 71.6 Å². The zero-order valence-electron chi connectivity index (χ0n) is 14.1. The molecule has 2 aliphatic rings. The molecule has 0 saturated carbocycles. The molecule has 0 bridgehead atoms. The number of aliphatic hydroxyl groups is 2. The number of halogens is 3. The second kappa shape index (κ2) is 9.30. The summed E-state index contributed by atoms with van der Waals surface area (Å²) in [5, 5.41) is 22.4. The highest BCUT2D eigenvalue weighted by Crippen LogP contribution is 2.28. The van der Waals surface area contributed by atoms with Crippen molar-refractivity contribution in [3.63, 3.8) is 0 Å². The van der Waals surface area contributed by atoms with Crippen molar-refractivity contribution in [1.82, 2.24) is 10.2 Å². The summed E-state index contributed by atoms with van der Waals surface area (Å²) in [5.41, 5.74) is 0.251. The van der Waals surface area contributed by atoms with Crippen LogP contribution in [0.25, 0.3) is 0 Å². The van der Waals surface area contributed by atoms with Gasteiger partial charge in [0.25, 0.3) is 5.91 Å². The first kappa shape index (κ1) is 21.3. The second-order valence-corrected chi connectivity index (χ2v) is 6.87. The Hall–Kier alpha value is -0.960. The van der Waals surface area contributed by atoms with Crippen LogP contribution in [0.3, 0.4) is 0 Å². The van der Waals surface area contributed by atoms with Crippen molar-refractivity contribution < 1.29 is 24.1 Å². The van der Waals surface area contributed by atoms with Crippen molar-refractivity contribution in [3.05, 3.63) is 34.6 Å². The molecule has 2 aliphatic heterocycles. The Morgan fingerprint density at radius 1 is 1.35 bits per heavy atom. The normalized spacial score (nSPS) is 28.8. The predicted molar refractivity (Wildman–Crippen MR) is 97.3 cm³/mol. The number of hydrogen-bond donors (Lipinski definition) is 3. The molecule has 146 valence electrons. The van der Waals surface area contributed by atoms with E-state index in [0.717, 1.165) is 32.0 Å². The monoisotopic (exact) mass is 408 g/mol. The van der Waals surface area contributed by atoms with Crippen LogP contribution >= 0.6 is 24.0 Å². The van der Waals surface area contributed by atoms with Crippen molar-refractivity contribution in [2.75, 3.05) is 26.2 Å². The molecule has 6 nitrogen and oxygen atoms in total. The van der Waals surface area contributed by atoms with Gasteiger partial charge in [-0.25, -0.2) is 4.39 Å². The minimum Gasteiger partial charge on any atom is -0.394 e. The van der Waals surface area contributed by atoms with Crippen molar-refractivity contribution in [2.24, 2.45) is 0 Å². The summed E-state index contributed by atoms with van der Waals surface area (Å²) in [6.07, 6.45) is 0.225. The number of hydrogen-bond acceptors (Lipinski definition) is 5.